The van der Waals surface area contributed by atoms with Crippen molar-refractivity contribution in [3.8, 4) is 0 Å². The van der Waals surface area contributed by atoms with E-state index >= 15 is 0 Å². The van der Waals surface area contributed by atoms with Gasteiger partial charge in [-0.3, -0.25) is 4.52 Å². The Balaban J connectivity index is 2.99. The lowest BCUT2D eigenvalue weighted by atomic mass is 10.5. The molecule has 0 aliphatic rings. The third kappa shape index (κ3) is 1.08. The summed E-state index contributed by atoms with van der Waals surface area (Å²) in [6.45, 7) is 0.516. The fraction of sp³-hybridized carbons (Fsp3) is 0.600. The normalized spacial score (nSPS) is 10.2. The highest BCUT2D eigenvalue weighted by atomic mass is 16.5. The van der Waals surface area contributed by atoms with E-state index in [4.69, 9.17) is 0 Å². The van der Waals surface area contributed by atoms with Gasteiger partial charge < -0.3 is 5.32 Å². The van der Waals surface area contributed by atoms with Gasteiger partial charge in [-0.1, -0.05) is 4.68 Å². The van der Waals surface area contributed by atoms with Crippen LogP contribution in [-0.2, 0) is 13.6 Å². The lowest BCUT2D eigenvalue weighted by molar-refractivity contribution is -0.746. The number of nitrogens with zero attached hydrogens (tertiary/aromatic N) is 1. The Kier molecular flexibility index (Phi) is 1.86. The second-order valence-corrected chi connectivity index (χ2v) is 2.02. The van der Waals surface area contributed by atoms with E-state index in [9.17, 15) is 4.79 Å². The molecule has 0 saturated heterocycles. The van der Waals surface area contributed by atoms with Gasteiger partial charge in [0.1, 0.15) is 0 Å². The number of hydrogen-bond acceptors (Lipinski definition) is 3. The second-order valence-electron chi connectivity index (χ2n) is 2.02. The van der Waals surface area contributed by atoms with Crippen LogP contribution in [0.5, 0.6) is 0 Å². The van der Waals surface area contributed by atoms with Gasteiger partial charge in [-0.05, 0) is 12.3 Å². The molecule has 0 aliphatic carbocycles. The first kappa shape index (κ1) is 7.01. The third-order valence-electron chi connectivity index (χ3n) is 1.26. The van der Waals surface area contributed by atoms with Crippen molar-refractivity contribution in [1.82, 2.24) is 10.6 Å². The molecule has 0 atom stereocenters. The molecule has 56 valence electrons. The highest BCUT2D eigenvalue weighted by molar-refractivity contribution is 4.80. The molecule has 0 radical (unpaired) electrons. The maximum atomic E-state index is 10.8. The van der Waals surface area contributed by atoms with Gasteiger partial charge in [0.2, 0.25) is 0 Å². The minimum atomic E-state index is -0.322. The predicted molar refractivity (Wildman–Crippen MR) is 33.3 cm³/mol. The molecule has 0 unspecified atom stereocenters. The fourth-order valence-corrected chi connectivity index (χ4v) is 0.719. The molecular formula is C5H10N3O2+. The average Bonchev–Trinajstić information content (AvgIpc) is 2.20. The molecule has 1 rings (SSSR count). The molecule has 1 heterocycles. The third-order valence-corrected chi connectivity index (χ3v) is 1.26. The highest BCUT2D eigenvalue weighted by Gasteiger charge is 2.14. The molecule has 0 fully saturated rings. The molecule has 0 aliphatic heterocycles. The largest absolute Gasteiger partial charge is 0.431 e. The van der Waals surface area contributed by atoms with E-state index in [1.807, 2.05) is 0 Å². The summed E-state index contributed by atoms with van der Waals surface area (Å²) in [5.41, 5.74) is 0.263. The topological polar surface area (TPSA) is 61.9 Å². The summed E-state index contributed by atoms with van der Waals surface area (Å²) in [5.74, 6) is 0. The van der Waals surface area contributed by atoms with Crippen molar-refractivity contribution in [3.05, 3.63) is 16.1 Å². The van der Waals surface area contributed by atoms with E-state index in [1.165, 1.54) is 0 Å². The van der Waals surface area contributed by atoms with Crippen LogP contribution >= 0.6 is 0 Å². The maximum absolute atomic E-state index is 10.8. The Morgan fingerprint density at radius 3 is 2.90 bits per heavy atom. The summed E-state index contributed by atoms with van der Waals surface area (Å²) in [5, 5.41) is 5.26. The highest BCUT2D eigenvalue weighted by Crippen LogP contribution is 1.75. The maximum Gasteiger partial charge on any atom is 0.431 e. The quantitative estimate of drug-likeness (QED) is 0.497. The molecular weight excluding hydrogens is 134 g/mol. The Hall–Kier alpha value is -1.10. The van der Waals surface area contributed by atoms with Crippen molar-refractivity contribution in [2.45, 2.75) is 6.54 Å². The summed E-state index contributed by atoms with van der Waals surface area (Å²) in [6.07, 6.45) is 0. The first-order chi connectivity index (χ1) is 4.75. The van der Waals surface area contributed by atoms with Gasteiger partial charge in [0.05, 0.1) is 6.54 Å². The van der Waals surface area contributed by atoms with Crippen molar-refractivity contribution in [2.24, 2.45) is 7.05 Å². The van der Waals surface area contributed by atoms with Crippen LogP contribution < -0.4 is 15.6 Å². The molecule has 0 aromatic carbocycles. The molecule has 0 bridgehead atoms. The van der Waals surface area contributed by atoms with Gasteiger partial charge in [0.25, 0.3) is 0 Å². The Bertz CT molecular complexity index is 262. The summed E-state index contributed by atoms with van der Waals surface area (Å²) < 4.78 is 6.03. The number of nitrogens with one attached hydrogen (secondary N) is 2. The molecule has 1 aromatic heterocycles. The smallest absolute Gasteiger partial charge is 0.310 e. The number of aryl methyl sites for hydroxylation is 1. The Labute approximate surface area is 57.6 Å². The Morgan fingerprint density at radius 1 is 1.80 bits per heavy atom. The number of rotatable bonds is 2. The average molecular weight is 144 g/mol. The van der Waals surface area contributed by atoms with E-state index < -0.39 is 0 Å². The van der Waals surface area contributed by atoms with Crippen molar-refractivity contribution < 1.29 is 9.20 Å². The fourth-order valence-electron chi connectivity index (χ4n) is 0.719. The SMILES string of the molecule is CNCc1c(=O)o[nH][n+]1C. The standard InChI is InChI=1S/C5H9N3O2/c1-6-3-4-5(9)10-7-8(4)2/h6H,3H2,1-2H3/p+1. The van der Waals surface area contributed by atoms with Gasteiger partial charge in [-0.2, -0.15) is 0 Å². The molecule has 0 saturated carbocycles. The van der Waals surface area contributed by atoms with Crippen LogP contribution in [0.3, 0.4) is 0 Å². The minimum absolute atomic E-state index is 0.322. The predicted octanol–water partition coefficient (Wildman–Crippen LogP) is -1.49. The molecule has 1 aromatic rings. The van der Waals surface area contributed by atoms with Gasteiger partial charge >= 0.3 is 11.3 Å². The number of aromatic amines is 1. The van der Waals surface area contributed by atoms with Crippen LogP contribution in [0.1, 0.15) is 5.69 Å². The van der Waals surface area contributed by atoms with Crippen molar-refractivity contribution in [3.63, 3.8) is 0 Å². The zero-order valence-corrected chi connectivity index (χ0v) is 5.97. The van der Waals surface area contributed by atoms with Crippen molar-refractivity contribution in [2.75, 3.05) is 7.05 Å². The van der Waals surface area contributed by atoms with Crippen molar-refractivity contribution in [1.29, 1.82) is 0 Å². The van der Waals surface area contributed by atoms with Crippen LogP contribution in [-0.4, -0.2) is 12.3 Å². The second kappa shape index (κ2) is 2.66. The minimum Gasteiger partial charge on any atom is -0.310 e. The molecule has 0 amide bonds. The van der Waals surface area contributed by atoms with Gasteiger partial charge in [0.15, 0.2) is 7.05 Å². The molecule has 5 heteroatoms. The van der Waals surface area contributed by atoms with Crippen LogP contribution in [0.4, 0.5) is 0 Å². The summed E-state index contributed by atoms with van der Waals surface area (Å²) >= 11 is 0. The lowest BCUT2D eigenvalue weighted by Gasteiger charge is -1.84. The monoisotopic (exact) mass is 144 g/mol. The van der Waals surface area contributed by atoms with Crippen LogP contribution in [0, 0.1) is 0 Å². The molecule has 10 heavy (non-hydrogen) atoms. The van der Waals surface area contributed by atoms with Gasteiger partial charge in [0, 0.05) is 0 Å². The van der Waals surface area contributed by atoms with Crippen LogP contribution in [0.25, 0.3) is 0 Å². The van der Waals surface area contributed by atoms with Crippen LogP contribution in [0.15, 0.2) is 9.32 Å². The van der Waals surface area contributed by atoms with Crippen LogP contribution in [0.2, 0.25) is 0 Å². The van der Waals surface area contributed by atoms with Crippen molar-refractivity contribution >= 4 is 0 Å². The number of aromatic nitrogens is 2. The van der Waals surface area contributed by atoms with E-state index in [-0.39, 0.29) is 5.63 Å². The lowest BCUT2D eigenvalue weighted by Crippen LogP contribution is -2.38. The Morgan fingerprint density at radius 2 is 2.50 bits per heavy atom. The van der Waals surface area contributed by atoms with Gasteiger partial charge in [-0.15, -0.1) is 0 Å². The summed E-state index contributed by atoms with van der Waals surface area (Å²) in [7, 11) is 3.49. The zero-order chi connectivity index (χ0) is 7.56. The first-order valence-corrected chi connectivity index (χ1v) is 2.96. The van der Waals surface area contributed by atoms with E-state index in [0.717, 1.165) is 0 Å². The zero-order valence-electron chi connectivity index (χ0n) is 5.97. The molecule has 0 spiro atoms. The number of H-pyrrole nitrogens is 1. The van der Waals surface area contributed by atoms with Gasteiger partial charge in [-0.25, -0.2) is 4.79 Å². The van der Waals surface area contributed by atoms with E-state index in [2.05, 4.69) is 15.1 Å². The number of hydrogen-bond donors (Lipinski definition) is 2. The molecule has 5 nitrogen and oxygen atoms in total. The summed E-state index contributed by atoms with van der Waals surface area (Å²) in [4.78, 5) is 10.8. The summed E-state index contributed by atoms with van der Waals surface area (Å²) in [6, 6.07) is 0. The van der Waals surface area contributed by atoms with E-state index in [1.54, 1.807) is 18.8 Å². The first-order valence-electron chi connectivity index (χ1n) is 2.96. The molecule has 2 N–H and O–H groups in total. The van der Waals surface area contributed by atoms with E-state index in [0.29, 0.717) is 12.2 Å².